The predicted octanol–water partition coefficient (Wildman–Crippen LogP) is 5.05. The highest BCUT2D eigenvalue weighted by Gasteiger charge is 2.38. The van der Waals surface area contributed by atoms with Gasteiger partial charge in [0.05, 0.1) is 18.0 Å². The zero-order valence-electron chi connectivity index (χ0n) is 17.4. The molecule has 9 heteroatoms. The molecule has 6 nitrogen and oxygen atoms in total. The van der Waals surface area contributed by atoms with E-state index in [0.29, 0.717) is 24.3 Å². The van der Waals surface area contributed by atoms with Gasteiger partial charge in [-0.25, -0.2) is 4.79 Å². The number of nitrogens with zero attached hydrogens (tertiary/aromatic N) is 5. The molecule has 1 aliphatic rings. The fourth-order valence-electron chi connectivity index (χ4n) is 3.22. The third-order valence-corrected chi connectivity index (χ3v) is 4.88. The summed E-state index contributed by atoms with van der Waals surface area (Å²) in [7, 11) is 0. The van der Waals surface area contributed by atoms with E-state index in [9.17, 15) is 18.0 Å². The van der Waals surface area contributed by atoms with Gasteiger partial charge >= 0.3 is 12.2 Å². The molecule has 0 unspecified atom stereocenters. The molecule has 0 bridgehead atoms. The molecular formula is C22H24F3N5O. The van der Waals surface area contributed by atoms with Crippen LogP contribution in [0.25, 0.3) is 0 Å². The second-order valence-corrected chi connectivity index (χ2v) is 7.09. The van der Waals surface area contributed by atoms with Gasteiger partial charge in [0.1, 0.15) is 5.71 Å². The van der Waals surface area contributed by atoms with E-state index >= 15 is 0 Å². The fourth-order valence-corrected chi connectivity index (χ4v) is 3.22. The molecule has 0 N–H and O–H groups in total. The SMILES string of the molecule is CCCN(CC)C(=O)N(Cc1ccc(C2=NN=C(C(F)(F)F)C2)cn1)c1ccccc1. The summed E-state index contributed by atoms with van der Waals surface area (Å²) in [6, 6.07) is 12.5. The van der Waals surface area contributed by atoms with E-state index in [2.05, 4.69) is 15.2 Å². The Morgan fingerprint density at radius 2 is 1.81 bits per heavy atom. The van der Waals surface area contributed by atoms with Crippen LogP contribution >= 0.6 is 0 Å². The first kappa shape index (κ1) is 22.5. The van der Waals surface area contributed by atoms with Gasteiger partial charge in [-0.05, 0) is 37.6 Å². The number of carbonyl (C=O) groups excluding carboxylic acids is 1. The molecule has 0 fully saturated rings. The van der Waals surface area contributed by atoms with Crippen molar-refractivity contribution in [3.8, 4) is 0 Å². The van der Waals surface area contributed by atoms with E-state index in [4.69, 9.17) is 0 Å². The highest BCUT2D eigenvalue weighted by molar-refractivity contribution is 6.16. The van der Waals surface area contributed by atoms with Crippen molar-refractivity contribution >= 4 is 23.1 Å². The van der Waals surface area contributed by atoms with Crippen LogP contribution in [0.4, 0.5) is 23.7 Å². The van der Waals surface area contributed by atoms with Gasteiger partial charge in [0.2, 0.25) is 0 Å². The van der Waals surface area contributed by atoms with Gasteiger partial charge in [-0.1, -0.05) is 25.1 Å². The van der Waals surface area contributed by atoms with Crippen LogP contribution in [0.15, 0.2) is 58.9 Å². The molecule has 2 aromatic rings. The number of hydrogen-bond acceptors (Lipinski definition) is 4. The number of rotatable bonds is 7. The number of benzene rings is 1. The third-order valence-electron chi connectivity index (χ3n) is 4.88. The number of aromatic nitrogens is 1. The zero-order valence-corrected chi connectivity index (χ0v) is 17.4. The lowest BCUT2D eigenvalue weighted by molar-refractivity contribution is -0.0596. The molecule has 0 radical (unpaired) electrons. The summed E-state index contributed by atoms with van der Waals surface area (Å²) < 4.78 is 38.3. The van der Waals surface area contributed by atoms with Crippen molar-refractivity contribution in [3.63, 3.8) is 0 Å². The third kappa shape index (κ3) is 5.48. The predicted molar refractivity (Wildman–Crippen MR) is 114 cm³/mol. The second kappa shape index (κ2) is 9.72. The Bertz CT molecular complexity index is 955. The summed E-state index contributed by atoms with van der Waals surface area (Å²) in [6.45, 7) is 5.42. The lowest BCUT2D eigenvalue weighted by Crippen LogP contribution is -2.43. The lowest BCUT2D eigenvalue weighted by atomic mass is 10.1. The summed E-state index contributed by atoms with van der Waals surface area (Å²) in [5.41, 5.74) is 1.15. The molecule has 1 aromatic heterocycles. The average molecular weight is 431 g/mol. The molecule has 0 aliphatic carbocycles. The normalized spacial score (nSPS) is 13.6. The van der Waals surface area contributed by atoms with Crippen LogP contribution in [0.5, 0.6) is 0 Å². The number of halogens is 3. The maximum absolute atomic E-state index is 13.2. The largest absolute Gasteiger partial charge is 0.431 e. The molecule has 0 spiro atoms. The van der Waals surface area contributed by atoms with E-state index in [1.807, 2.05) is 44.2 Å². The Morgan fingerprint density at radius 1 is 1.06 bits per heavy atom. The zero-order chi connectivity index (χ0) is 22.4. The van der Waals surface area contributed by atoms with E-state index in [1.54, 1.807) is 21.9 Å². The highest BCUT2D eigenvalue weighted by Crippen LogP contribution is 2.25. The molecule has 164 valence electrons. The molecule has 3 rings (SSSR count). The number of anilines is 1. The molecule has 1 aromatic carbocycles. The molecule has 31 heavy (non-hydrogen) atoms. The molecule has 0 saturated carbocycles. The number of pyridine rings is 1. The van der Waals surface area contributed by atoms with E-state index in [1.165, 1.54) is 6.20 Å². The van der Waals surface area contributed by atoms with Crippen LogP contribution in [0.3, 0.4) is 0 Å². The summed E-state index contributed by atoms with van der Waals surface area (Å²) in [5, 5.41) is 6.89. The first-order chi connectivity index (χ1) is 14.8. The average Bonchev–Trinajstić information content (AvgIpc) is 3.27. The number of para-hydroxylation sites is 1. The first-order valence-electron chi connectivity index (χ1n) is 10.1. The number of urea groups is 1. The van der Waals surface area contributed by atoms with Gasteiger partial charge in [-0.3, -0.25) is 9.88 Å². The van der Waals surface area contributed by atoms with Gasteiger partial charge in [0, 0.05) is 37.0 Å². The van der Waals surface area contributed by atoms with Crippen LogP contribution < -0.4 is 4.90 Å². The minimum Gasteiger partial charge on any atom is -0.325 e. The Balaban J connectivity index is 1.77. The van der Waals surface area contributed by atoms with E-state index < -0.39 is 11.9 Å². The van der Waals surface area contributed by atoms with Crippen molar-refractivity contribution in [2.75, 3.05) is 18.0 Å². The van der Waals surface area contributed by atoms with Crippen LogP contribution in [0, 0.1) is 0 Å². The van der Waals surface area contributed by atoms with E-state index in [-0.39, 0.29) is 24.7 Å². The summed E-state index contributed by atoms with van der Waals surface area (Å²) in [4.78, 5) is 20.9. The van der Waals surface area contributed by atoms with Crippen molar-refractivity contribution < 1.29 is 18.0 Å². The quantitative estimate of drug-likeness (QED) is 0.616. The smallest absolute Gasteiger partial charge is 0.325 e. The van der Waals surface area contributed by atoms with Crippen LogP contribution in [-0.4, -0.2) is 46.6 Å². The standard InChI is InChI=1S/C22H24F3N5O/c1-3-12-29(4-2)21(31)30(18-8-6-5-7-9-18)15-17-11-10-16(14-26-17)19-13-20(28-27-19)22(23,24)25/h5-11,14H,3-4,12-13,15H2,1-2H3. The van der Waals surface area contributed by atoms with Gasteiger partial charge in [-0.2, -0.15) is 18.3 Å². The maximum atomic E-state index is 13.2. The highest BCUT2D eigenvalue weighted by atomic mass is 19.4. The first-order valence-corrected chi connectivity index (χ1v) is 10.1. The van der Waals surface area contributed by atoms with Crippen molar-refractivity contribution in [2.24, 2.45) is 10.2 Å². The Morgan fingerprint density at radius 3 is 2.35 bits per heavy atom. The van der Waals surface area contributed by atoms with Crippen molar-refractivity contribution in [1.29, 1.82) is 0 Å². The maximum Gasteiger partial charge on any atom is 0.431 e. The Hall–Kier alpha value is -3.23. The summed E-state index contributed by atoms with van der Waals surface area (Å²) >= 11 is 0. The van der Waals surface area contributed by atoms with Crippen molar-refractivity contribution in [1.82, 2.24) is 9.88 Å². The summed E-state index contributed by atoms with van der Waals surface area (Å²) in [6.07, 6.45) is -2.54. The van der Waals surface area contributed by atoms with Gasteiger partial charge in [0.25, 0.3) is 0 Å². The van der Waals surface area contributed by atoms with E-state index in [0.717, 1.165) is 12.1 Å². The Labute approximate surface area is 179 Å². The minimum atomic E-state index is -4.49. The number of hydrogen-bond donors (Lipinski definition) is 0. The number of amides is 2. The van der Waals surface area contributed by atoms with Crippen LogP contribution in [0.1, 0.15) is 37.9 Å². The van der Waals surface area contributed by atoms with Gasteiger partial charge in [0.15, 0.2) is 0 Å². The number of carbonyl (C=O) groups is 1. The lowest BCUT2D eigenvalue weighted by Gasteiger charge is -2.30. The molecule has 0 atom stereocenters. The monoisotopic (exact) mass is 431 g/mol. The van der Waals surface area contributed by atoms with Crippen LogP contribution in [0.2, 0.25) is 0 Å². The van der Waals surface area contributed by atoms with Gasteiger partial charge in [-0.15, -0.1) is 5.10 Å². The Kier molecular flexibility index (Phi) is 7.04. The van der Waals surface area contributed by atoms with Gasteiger partial charge < -0.3 is 4.90 Å². The molecule has 1 aliphatic heterocycles. The number of alkyl halides is 3. The molecule has 2 heterocycles. The topological polar surface area (TPSA) is 61.2 Å². The minimum absolute atomic E-state index is 0.121. The molecule has 2 amide bonds. The molecular weight excluding hydrogens is 407 g/mol. The molecule has 0 saturated heterocycles. The van der Waals surface area contributed by atoms with Crippen molar-refractivity contribution in [3.05, 3.63) is 59.9 Å². The van der Waals surface area contributed by atoms with Crippen LogP contribution in [-0.2, 0) is 6.54 Å². The second-order valence-electron chi connectivity index (χ2n) is 7.09. The van der Waals surface area contributed by atoms with Crippen molar-refractivity contribution in [2.45, 2.75) is 39.4 Å². The fraction of sp³-hybridized carbons (Fsp3) is 0.364. The summed E-state index contributed by atoms with van der Waals surface area (Å²) in [5.74, 6) is 0.